The Morgan fingerprint density at radius 1 is 0.857 bits per heavy atom. The molecule has 0 bridgehead atoms. The van der Waals surface area contributed by atoms with Gasteiger partial charge in [0.05, 0.1) is 20.5 Å². The summed E-state index contributed by atoms with van der Waals surface area (Å²) in [5, 5.41) is 0.224. The summed E-state index contributed by atoms with van der Waals surface area (Å²) in [5.74, 6) is 0. The van der Waals surface area contributed by atoms with Gasteiger partial charge in [-0.1, -0.05) is 29.8 Å². The molecule has 0 heterocycles. The molecule has 2 aromatic carbocycles. The monoisotopic (exact) mass is 365 g/mol. The number of hydrogen-bond acceptors (Lipinski definition) is 4. The highest BCUT2D eigenvalue weighted by Crippen LogP contribution is 2.25. The molecule has 0 fully saturated rings. The van der Waals surface area contributed by atoms with Crippen molar-refractivity contribution in [2.75, 3.05) is 4.72 Å². The summed E-state index contributed by atoms with van der Waals surface area (Å²) >= 11 is 5.88. The summed E-state index contributed by atoms with van der Waals surface area (Å²) in [5.41, 5.74) is 0.193. The maximum Gasteiger partial charge on any atom is 0.261 e. The third kappa shape index (κ3) is 3.88. The lowest BCUT2D eigenvalue weighted by molar-refractivity contribution is 0.600. The lowest BCUT2D eigenvalue weighted by Crippen LogP contribution is -2.13. The Bertz CT molecular complexity index is 880. The van der Waals surface area contributed by atoms with Crippen molar-refractivity contribution in [3.05, 3.63) is 53.6 Å². The Morgan fingerprint density at radius 2 is 1.48 bits per heavy atom. The van der Waals surface area contributed by atoms with Gasteiger partial charge in [-0.15, -0.1) is 0 Å². The summed E-state index contributed by atoms with van der Waals surface area (Å²) in [6.45, 7) is 0. The van der Waals surface area contributed by atoms with E-state index in [1.165, 1.54) is 30.3 Å². The molecular formula is C12H9Cl2NO4S2. The number of nitrogens with one attached hydrogen (secondary N) is 1. The lowest BCUT2D eigenvalue weighted by atomic mass is 10.3. The van der Waals surface area contributed by atoms with Gasteiger partial charge in [-0.3, -0.25) is 4.72 Å². The molecule has 0 atom stereocenters. The van der Waals surface area contributed by atoms with E-state index in [9.17, 15) is 16.8 Å². The fraction of sp³-hybridized carbons (Fsp3) is 0. The van der Waals surface area contributed by atoms with E-state index < -0.39 is 19.1 Å². The summed E-state index contributed by atoms with van der Waals surface area (Å²) in [7, 11) is -2.79. The number of para-hydroxylation sites is 1. The van der Waals surface area contributed by atoms with Crippen LogP contribution in [0.2, 0.25) is 5.02 Å². The molecule has 0 aliphatic carbocycles. The van der Waals surface area contributed by atoms with Gasteiger partial charge >= 0.3 is 0 Å². The second kappa shape index (κ2) is 5.84. The average molecular weight is 366 g/mol. The average Bonchev–Trinajstić information content (AvgIpc) is 2.40. The molecule has 0 aliphatic heterocycles. The largest absolute Gasteiger partial charge is 0.278 e. The van der Waals surface area contributed by atoms with Crippen LogP contribution in [-0.2, 0) is 19.1 Å². The fourth-order valence-corrected chi connectivity index (χ4v) is 3.78. The van der Waals surface area contributed by atoms with E-state index in [-0.39, 0.29) is 20.5 Å². The second-order valence-corrected chi connectivity index (χ2v) is 8.65. The Hall–Kier alpha value is -1.28. The van der Waals surface area contributed by atoms with Crippen molar-refractivity contribution in [2.45, 2.75) is 9.79 Å². The predicted molar refractivity (Wildman–Crippen MR) is 81.7 cm³/mol. The fourth-order valence-electron chi connectivity index (χ4n) is 1.54. The lowest BCUT2D eigenvalue weighted by Gasteiger charge is -2.10. The molecule has 1 N–H and O–H groups in total. The second-order valence-electron chi connectivity index (χ2n) is 4.00. The first-order valence-electron chi connectivity index (χ1n) is 5.52. The summed E-state index contributed by atoms with van der Waals surface area (Å²) in [4.78, 5) is -0.532. The van der Waals surface area contributed by atoms with E-state index in [4.69, 9.17) is 22.3 Å². The molecule has 0 aromatic heterocycles. The molecule has 0 saturated heterocycles. The van der Waals surface area contributed by atoms with Crippen LogP contribution in [-0.4, -0.2) is 16.8 Å². The molecule has 0 saturated carbocycles. The standard InChI is InChI=1S/C12H9Cl2NO4S2/c13-11-6-1-2-7-12(11)15-21(18,19)10-5-3-4-9(8-10)20(14,16)17/h1-8,15H. The maximum atomic E-state index is 12.2. The van der Waals surface area contributed by atoms with Crippen LogP contribution in [0.25, 0.3) is 0 Å². The van der Waals surface area contributed by atoms with Crippen molar-refractivity contribution in [3.8, 4) is 0 Å². The van der Waals surface area contributed by atoms with Crippen LogP contribution >= 0.6 is 22.3 Å². The number of sulfonamides is 1. The Kier molecular flexibility index (Phi) is 4.48. The minimum absolute atomic E-state index is 0.193. The third-order valence-electron chi connectivity index (χ3n) is 2.52. The summed E-state index contributed by atoms with van der Waals surface area (Å²) < 4.78 is 49.2. The van der Waals surface area contributed by atoms with Gasteiger partial charge in [-0.05, 0) is 30.3 Å². The highest BCUT2D eigenvalue weighted by Gasteiger charge is 2.19. The van der Waals surface area contributed by atoms with E-state index in [0.717, 1.165) is 6.07 Å². The summed E-state index contributed by atoms with van der Waals surface area (Å²) in [6, 6.07) is 11.0. The molecule has 0 spiro atoms. The molecule has 0 unspecified atom stereocenters. The van der Waals surface area contributed by atoms with Crippen molar-refractivity contribution in [1.29, 1.82) is 0 Å². The van der Waals surface area contributed by atoms with E-state index in [1.807, 2.05) is 0 Å². The maximum absolute atomic E-state index is 12.2. The Morgan fingerprint density at radius 3 is 2.10 bits per heavy atom. The van der Waals surface area contributed by atoms with E-state index in [1.54, 1.807) is 12.1 Å². The molecule has 5 nitrogen and oxygen atoms in total. The van der Waals surface area contributed by atoms with Crippen LogP contribution in [0.15, 0.2) is 58.3 Å². The number of hydrogen-bond donors (Lipinski definition) is 1. The van der Waals surface area contributed by atoms with Gasteiger partial charge in [0.15, 0.2) is 0 Å². The summed E-state index contributed by atoms with van der Waals surface area (Å²) in [6.07, 6.45) is 0. The number of halogens is 2. The van der Waals surface area contributed by atoms with Crippen LogP contribution in [0.5, 0.6) is 0 Å². The van der Waals surface area contributed by atoms with Crippen LogP contribution in [0.3, 0.4) is 0 Å². The van der Waals surface area contributed by atoms with Crippen LogP contribution in [0.1, 0.15) is 0 Å². The topological polar surface area (TPSA) is 80.3 Å². The normalized spacial score (nSPS) is 12.1. The molecule has 0 radical (unpaired) electrons. The van der Waals surface area contributed by atoms with Crippen molar-refractivity contribution >= 4 is 47.0 Å². The molecule has 0 amide bonds. The van der Waals surface area contributed by atoms with E-state index in [0.29, 0.717) is 0 Å². The van der Waals surface area contributed by atoms with Gasteiger partial charge in [0.25, 0.3) is 19.1 Å². The minimum Gasteiger partial charge on any atom is -0.278 e. The van der Waals surface area contributed by atoms with E-state index in [2.05, 4.69) is 4.72 Å². The first-order chi connectivity index (χ1) is 9.70. The zero-order chi connectivity index (χ0) is 15.7. The number of rotatable bonds is 4. The van der Waals surface area contributed by atoms with Gasteiger partial charge < -0.3 is 0 Å². The van der Waals surface area contributed by atoms with Gasteiger partial charge in [0, 0.05) is 10.7 Å². The molecular weight excluding hydrogens is 357 g/mol. The van der Waals surface area contributed by atoms with Crippen molar-refractivity contribution < 1.29 is 16.8 Å². The first kappa shape index (κ1) is 16.1. The SMILES string of the molecule is O=S(=O)(Cl)c1cccc(S(=O)(=O)Nc2ccccc2Cl)c1. The Balaban J connectivity index is 2.44. The molecule has 2 rings (SSSR count). The Labute approximate surface area is 132 Å². The van der Waals surface area contributed by atoms with E-state index >= 15 is 0 Å². The molecule has 9 heteroatoms. The van der Waals surface area contributed by atoms with Crippen molar-refractivity contribution in [2.24, 2.45) is 0 Å². The van der Waals surface area contributed by atoms with Gasteiger partial charge in [-0.25, -0.2) is 16.8 Å². The predicted octanol–water partition coefficient (Wildman–Crippen LogP) is 3.07. The molecule has 112 valence electrons. The zero-order valence-electron chi connectivity index (χ0n) is 10.3. The molecule has 21 heavy (non-hydrogen) atoms. The third-order valence-corrected chi connectivity index (χ3v) is 5.56. The molecule has 0 aliphatic rings. The van der Waals surface area contributed by atoms with Gasteiger partial charge in [0.2, 0.25) is 0 Å². The zero-order valence-corrected chi connectivity index (χ0v) is 13.5. The van der Waals surface area contributed by atoms with Crippen molar-refractivity contribution in [3.63, 3.8) is 0 Å². The number of benzene rings is 2. The first-order valence-corrected chi connectivity index (χ1v) is 9.69. The highest BCUT2D eigenvalue weighted by molar-refractivity contribution is 8.13. The minimum atomic E-state index is -4.01. The smallest absolute Gasteiger partial charge is 0.261 e. The van der Waals surface area contributed by atoms with Crippen LogP contribution in [0.4, 0.5) is 5.69 Å². The van der Waals surface area contributed by atoms with Crippen molar-refractivity contribution in [1.82, 2.24) is 0 Å². The van der Waals surface area contributed by atoms with Gasteiger partial charge in [0.1, 0.15) is 0 Å². The quantitative estimate of drug-likeness (QED) is 0.844. The molecule has 2 aromatic rings. The van der Waals surface area contributed by atoms with Crippen LogP contribution in [0, 0.1) is 0 Å². The number of anilines is 1. The highest BCUT2D eigenvalue weighted by atomic mass is 35.7. The van der Waals surface area contributed by atoms with Gasteiger partial charge in [-0.2, -0.15) is 0 Å². The van der Waals surface area contributed by atoms with Crippen LogP contribution < -0.4 is 4.72 Å².